The Hall–Kier alpha value is -1.36. The number of hydrogen-bond acceptors (Lipinski definition) is 4. The molecule has 0 heterocycles. The maximum Gasteiger partial charge on any atom is 0.358 e. The van der Waals surface area contributed by atoms with Crippen LogP contribution in [0.5, 0.6) is 0 Å². The highest BCUT2D eigenvalue weighted by atomic mass is 32.2. The van der Waals surface area contributed by atoms with Crippen molar-refractivity contribution < 1.29 is 12.7 Å². The molecule has 5 heteroatoms. The minimum absolute atomic E-state index is 0.123. The van der Waals surface area contributed by atoms with Gasteiger partial charge in [0.2, 0.25) is 0 Å². The normalized spacial score (nSPS) is 12.4. The summed E-state index contributed by atoms with van der Waals surface area (Å²) in [6.45, 7) is 3.93. The number of oxime groups is 1. The van der Waals surface area contributed by atoms with Crippen LogP contribution in [0.25, 0.3) is 0 Å². The van der Waals surface area contributed by atoms with E-state index in [2.05, 4.69) is 12.1 Å². The van der Waals surface area contributed by atoms with Gasteiger partial charge in [0.1, 0.15) is 4.90 Å². The lowest BCUT2D eigenvalue weighted by molar-refractivity contribution is 0.337. The van der Waals surface area contributed by atoms with E-state index >= 15 is 0 Å². The number of hydrogen-bond donors (Lipinski definition) is 0. The smallest absolute Gasteiger partial charge is 0.265 e. The summed E-state index contributed by atoms with van der Waals surface area (Å²) in [7, 11) is -3.78. The molecule has 0 aliphatic rings. The minimum atomic E-state index is -3.78. The molecular weight excluding hydrogens is 262 g/mol. The second-order valence-corrected chi connectivity index (χ2v) is 6.01. The van der Waals surface area contributed by atoms with Gasteiger partial charge in [0, 0.05) is 0 Å². The monoisotopic (exact) mass is 283 g/mol. The van der Waals surface area contributed by atoms with E-state index in [1.165, 1.54) is 25.0 Å². The molecule has 19 heavy (non-hydrogen) atoms. The Balaban J connectivity index is 2.50. The van der Waals surface area contributed by atoms with Crippen molar-refractivity contribution in [2.24, 2.45) is 5.16 Å². The Labute approximate surface area is 115 Å². The number of rotatable bonds is 8. The molecule has 0 saturated carbocycles. The topological polar surface area (TPSA) is 55.7 Å². The highest BCUT2D eigenvalue weighted by Crippen LogP contribution is 2.12. The first-order chi connectivity index (χ1) is 9.06. The molecule has 0 amide bonds. The van der Waals surface area contributed by atoms with Crippen molar-refractivity contribution in [3.05, 3.63) is 30.3 Å². The molecule has 0 saturated heterocycles. The summed E-state index contributed by atoms with van der Waals surface area (Å²) in [5.74, 6) is 0. The van der Waals surface area contributed by atoms with Crippen LogP contribution < -0.4 is 0 Å². The van der Waals surface area contributed by atoms with Gasteiger partial charge in [-0.3, -0.25) is 4.28 Å². The summed E-state index contributed by atoms with van der Waals surface area (Å²) >= 11 is 0. The molecule has 0 atom stereocenters. The summed E-state index contributed by atoms with van der Waals surface area (Å²) in [6, 6.07) is 8.03. The average molecular weight is 283 g/mol. The van der Waals surface area contributed by atoms with Crippen molar-refractivity contribution in [2.75, 3.05) is 0 Å². The highest BCUT2D eigenvalue weighted by molar-refractivity contribution is 7.86. The SMILES string of the molecule is CCCCCC/C(C)=N/OS(=O)(=O)c1ccccc1. The maximum absolute atomic E-state index is 11.8. The molecule has 0 spiro atoms. The largest absolute Gasteiger partial charge is 0.358 e. The zero-order chi connectivity index (χ0) is 14.1. The van der Waals surface area contributed by atoms with Crippen LogP contribution in [-0.2, 0) is 14.4 Å². The van der Waals surface area contributed by atoms with Crippen LogP contribution in [0, 0.1) is 0 Å². The van der Waals surface area contributed by atoms with Crippen LogP contribution in [0.2, 0.25) is 0 Å². The average Bonchev–Trinajstić information content (AvgIpc) is 2.42. The van der Waals surface area contributed by atoms with E-state index in [1.54, 1.807) is 25.1 Å². The lowest BCUT2D eigenvalue weighted by Gasteiger charge is -2.03. The van der Waals surface area contributed by atoms with Gasteiger partial charge >= 0.3 is 10.1 Å². The summed E-state index contributed by atoms with van der Waals surface area (Å²) in [5.41, 5.74) is 0.704. The first-order valence-electron chi connectivity index (χ1n) is 6.58. The van der Waals surface area contributed by atoms with Gasteiger partial charge in [0.25, 0.3) is 0 Å². The Morgan fingerprint density at radius 2 is 1.84 bits per heavy atom. The van der Waals surface area contributed by atoms with Gasteiger partial charge in [-0.15, -0.1) is 0 Å². The van der Waals surface area contributed by atoms with Crippen molar-refractivity contribution in [2.45, 2.75) is 50.8 Å². The Morgan fingerprint density at radius 1 is 1.16 bits per heavy atom. The fourth-order valence-electron chi connectivity index (χ4n) is 1.60. The molecular formula is C14H21NO3S. The third-order valence-corrected chi connectivity index (χ3v) is 3.84. The van der Waals surface area contributed by atoms with E-state index in [9.17, 15) is 8.42 Å². The van der Waals surface area contributed by atoms with E-state index in [-0.39, 0.29) is 4.90 Å². The fourth-order valence-corrected chi connectivity index (χ4v) is 2.40. The van der Waals surface area contributed by atoms with Crippen molar-refractivity contribution in [1.82, 2.24) is 0 Å². The molecule has 0 aliphatic heterocycles. The Bertz CT molecular complexity index is 495. The zero-order valence-electron chi connectivity index (χ0n) is 11.5. The molecule has 4 nitrogen and oxygen atoms in total. The van der Waals surface area contributed by atoms with Gasteiger partial charge in [-0.25, -0.2) is 0 Å². The lowest BCUT2D eigenvalue weighted by Crippen LogP contribution is -2.04. The predicted molar refractivity (Wildman–Crippen MR) is 76.6 cm³/mol. The first-order valence-corrected chi connectivity index (χ1v) is 7.99. The quantitative estimate of drug-likeness (QED) is 0.415. The fraction of sp³-hybridized carbons (Fsp3) is 0.500. The second kappa shape index (κ2) is 7.94. The summed E-state index contributed by atoms with van der Waals surface area (Å²) in [6.07, 6.45) is 5.28. The van der Waals surface area contributed by atoms with Crippen LogP contribution in [0.1, 0.15) is 46.0 Å². The van der Waals surface area contributed by atoms with E-state index in [1.807, 2.05) is 0 Å². The summed E-state index contributed by atoms with van der Waals surface area (Å²) < 4.78 is 28.3. The van der Waals surface area contributed by atoms with Gasteiger partial charge in [0.05, 0.1) is 5.71 Å². The van der Waals surface area contributed by atoms with E-state index in [4.69, 9.17) is 4.28 Å². The molecule has 0 unspecified atom stereocenters. The van der Waals surface area contributed by atoms with Gasteiger partial charge in [-0.2, -0.15) is 8.42 Å². The van der Waals surface area contributed by atoms with Crippen molar-refractivity contribution >= 4 is 15.8 Å². The second-order valence-electron chi connectivity index (χ2n) is 4.48. The van der Waals surface area contributed by atoms with E-state index in [0.717, 1.165) is 19.3 Å². The Kier molecular flexibility index (Phi) is 6.56. The molecule has 0 bridgehead atoms. The summed E-state index contributed by atoms with van der Waals surface area (Å²) in [5, 5.41) is 3.70. The number of unbranched alkanes of at least 4 members (excludes halogenated alkanes) is 3. The molecule has 0 N–H and O–H groups in total. The van der Waals surface area contributed by atoms with E-state index in [0.29, 0.717) is 5.71 Å². The highest BCUT2D eigenvalue weighted by Gasteiger charge is 2.14. The van der Waals surface area contributed by atoms with E-state index < -0.39 is 10.1 Å². The third kappa shape index (κ3) is 5.87. The molecule has 1 rings (SSSR count). The molecule has 106 valence electrons. The van der Waals surface area contributed by atoms with Crippen LogP contribution in [-0.4, -0.2) is 14.1 Å². The van der Waals surface area contributed by atoms with Gasteiger partial charge in [-0.05, 0) is 31.9 Å². The molecule has 0 radical (unpaired) electrons. The third-order valence-electron chi connectivity index (χ3n) is 2.72. The predicted octanol–water partition coefficient (Wildman–Crippen LogP) is 3.74. The van der Waals surface area contributed by atoms with Crippen molar-refractivity contribution in [1.29, 1.82) is 0 Å². The van der Waals surface area contributed by atoms with Crippen LogP contribution in [0.4, 0.5) is 0 Å². The number of nitrogens with zero attached hydrogens (tertiary/aromatic N) is 1. The van der Waals surface area contributed by atoms with Gasteiger partial charge in [0.15, 0.2) is 0 Å². The van der Waals surface area contributed by atoms with Crippen LogP contribution >= 0.6 is 0 Å². The lowest BCUT2D eigenvalue weighted by atomic mass is 10.1. The van der Waals surface area contributed by atoms with Crippen molar-refractivity contribution in [3.63, 3.8) is 0 Å². The zero-order valence-corrected chi connectivity index (χ0v) is 12.3. The molecule has 0 aromatic heterocycles. The Morgan fingerprint density at radius 3 is 2.47 bits per heavy atom. The van der Waals surface area contributed by atoms with Crippen molar-refractivity contribution in [3.8, 4) is 0 Å². The molecule has 1 aromatic carbocycles. The molecule has 0 aliphatic carbocycles. The number of benzene rings is 1. The molecule has 1 aromatic rings. The first kappa shape index (κ1) is 15.7. The van der Waals surface area contributed by atoms with Gasteiger partial charge in [-0.1, -0.05) is 49.5 Å². The standard InChI is InChI=1S/C14H21NO3S/c1-3-4-5-7-10-13(2)15-18-19(16,17)14-11-8-6-9-12-14/h6,8-9,11-12H,3-5,7,10H2,1-2H3/b15-13+. The van der Waals surface area contributed by atoms with Gasteiger partial charge < -0.3 is 0 Å². The summed E-state index contributed by atoms with van der Waals surface area (Å²) in [4.78, 5) is 0.123. The van der Waals surface area contributed by atoms with Crippen LogP contribution in [0.15, 0.2) is 40.4 Å². The maximum atomic E-state index is 11.8. The molecule has 0 fully saturated rings. The van der Waals surface area contributed by atoms with Crippen LogP contribution in [0.3, 0.4) is 0 Å². The minimum Gasteiger partial charge on any atom is -0.265 e.